The van der Waals surface area contributed by atoms with E-state index in [4.69, 9.17) is 15.0 Å². The molecule has 1 aromatic heterocycles. The number of nitriles is 1. The highest BCUT2D eigenvalue weighted by Gasteiger charge is 2.23. The highest BCUT2D eigenvalue weighted by Crippen LogP contribution is 2.28. The van der Waals surface area contributed by atoms with Gasteiger partial charge in [0, 0.05) is 36.8 Å². The summed E-state index contributed by atoms with van der Waals surface area (Å²) in [7, 11) is -2.52. The van der Waals surface area contributed by atoms with Crippen LogP contribution < -0.4 is 10.2 Å². The van der Waals surface area contributed by atoms with Gasteiger partial charge in [0.25, 0.3) is 0 Å². The fraction of sp³-hybridized carbons (Fsp3) is 0.261. The molecule has 34 heavy (non-hydrogen) atoms. The Kier molecular flexibility index (Phi) is 7.23. The molecule has 0 unspecified atom stereocenters. The average Bonchev–Trinajstić information content (AvgIpc) is 3.35. The molecule has 9 nitrogen and oxygen atoms in total. The van der Waals surface area contributed by atoms with Crippen molar-refractivity contribution < 1.29 is 17.9 Å². The molecule has 2 heterocycles. The maximum absolute atomic E-state index is 12.7. The highest BCUT2D eigenvalue weighted by molar-refractivity contribution is 7.89. The Morgan fingerprint density at radius 2 is 1.85 bits per heavy atom. The lowest BCUT2D eigenvalue weighted by atomic mass is 10.1. The molecule has 0 aliphatic carbocycles. The summed E-state index contributed by atoms with van der Waals surface area (Å²) < 4.78 is 31.7. The molecule has 1 fully saturated rings. The number of sulfonamides is 1. The van der Waals surface area contributed by atoms with Gasteiger partial charge in [-0.2, -0.15) is 9.57 Å². The minimum Gasteiger partial charge on any atom is -0.378 e. The van der Waals surface area contributed by atoms with Crippen LogP contribution >= 0.6 is 11.3 Å². The Morgan fingerprint density at radius 3 is 2.50 bits per heavy atom. The molecule has 176 valence electrons. The molecule has 11 heteroatoms. The third-order valence-corrected chi connectivity index (χ3v) is 8.01. The molecule has 2 aromatic carbocycles. The van der Waals surface area contributed by atoms with E-state index in [-0.39, 0.29) is 11.4 Å². The minimum absolute atomic E-state index is 0.0193. The smallest absolute Gasteiger partial charge is 0.243 e. The number of ether oxygens (including phenoxy) is 1. The van der Waals surface area contributed by atoms with Crippen LogP contribution in [0.25, 0.3) is 11.3 Å². The summed E-state index contributed by atoms with van der Waals surface area (Å²) in [5.74, 6) is -0.462. The Morgan fingerprint density at radius 1 is 1.18 bits per heavy atom. The molecule has 1 saturated heterocycles. The predicted octanol–water partition coefficient (Wildman–Crippen LogP) is 2.78. The van der Waals surface area contributed by atoms with Crippen molar-refractivity contribution in [3.05, 3.63) is 59.5 Å². The van der Waals surface area contributed by atoms with Crippen LogP contribution in [0.1, 0.15) is 5.56 Å². The minimum atomic E-state index is -3.86. The number of anilines is 2. The van der Waals surface area contributed by atoms with E-state index >= 15 is 0 Å². The van der Waals surface area contributed by atoms with Crippen molar-refractivity contribution in [3.8, 4) is 17.3 Å². The van der Waals surface area contributed by atoms with E-state index in [1.54, 1.807) is 23.5 Å². The van der Waals surface area contributed by atoms with Crippen LogP contribution in [0.3, 0.4) is 0 Å². The molecule has 1 N–H and O–H groups in total. The monoisotopic (exact) mass is 497 g/mol. The standard InChI is InChI=1S/C23H23N5O4S2/c1-27(34(30,31)20-8-2-17(14-24)3-9-20)15-22(29)25-19-6-4-18(5-7-19)21-16-33-23(26-21)28-10-12-32-13-11-28/h2-9,16H,10-13,15H2,1H3,(H,25,29). The number of likely N-dealkylation sites (N-methyl/N-ethyl adjacent to an activating group) is 1. The van der Waals surface area contributed by atoms with Gasteiger partial charge in [0.05, 0.1) is 42.0 Å². The van der Waals surface area contributed by atoms with E-state index in [1.807, 2.05) is 23.6 Å². The van der Waals surface area contributed by atoms with E-state index in [2.05, 4.69) is 10.2 Å². The van der Waals surface area contributed by atoms with Gasteiger partial charge < -0.3 is 15.0 Å². The van der Waals surface area contributed by atoms with Crippen LogP contribution in [0.2, 0.25) is 0 Å². The summed E-state index contributed by atoms with van der Waals surface area (Å²) in [5.41, 5.74) is 2.70. The van der Waals surface area contributed by atoms with Crippen molar-refractivity contribution in [2.75, 3.05) is 50.1 Å². The summed E-state index contributed by atoms with van der Waals surface area (Å²) in [6, 6.07) is 14.7. The number of nitrogens with one attached hydrogen (secondary N) is 1. The molecular formula is C23H23N5O4S2. The molecule has 0 atom stereocenters. The Bertz CT molecular complexity index is 1290. The van der Waals surface area contributed by atoms with Crippen LogP contribution in [0.4, 0.5) is 10.8 Å². The molecule has 1 amide bonds. The number of aromatic nitrogens is 1. The van der Waals surface area contributed by atoms with E-state index < -0.39 is 15.9 Å². The van der Waals surface area contributed by atoms with Crippen LogP contribution in [0.5, 0.6) is 0 Å². The third-order valence-electron chi connectivity index (χ3n) is 5.30. The van der Waals surface area contributed by atoms with E-state index in [0.29, 0.717) is 24.5 Å². The van der Waals surface area contributed by atoms with E-state index in [0.717, 1.165) is 33.8 Å². The normalized spacial score (nSPS) is 14.1. The number of benzene rings is 2. The molecule has 4 rings (SSSR count). The number of morpholine rings is 1. The van der Waals surface area contributed by atoms with Crippen molar-refractivity contribution in [2.45, 2.75) is 4.90 Å². The van der Waals surface area contributed by atoms with Gasteiger partial charge in [0.1, 0.15) is 0 Å². The van der Waals surface area contributed by atoms with Crippen LogP contribution in [0, 0.1) is 11.3 Å². The summed E-state index contributed by atoms with van der Waals surface area (Å²) in [6.45, 7) is 2.71. The number of hydrogen-bond acceptors (Lipinski definition) is 8. The van der Waals surface area contributed by atoms with Gasteiger partial charge in [-0.15, -0.1) is 11.3 Å². The zero-order chi connectivity index (χ0) is 24.1. The van der Waals surface area contributed by atoms with E-state index in [1.165, 1.54) is 31.3 Å². The maximum Gasteiger partial charge on any atom is 0.243 e. The highest BCUT2D eigenvalue weighted by atomic mass is 32.2. The van der Waals surface area contributed by atoms with Gasteiger partial charge in [0.15, 0.2) is 5.13 Å². The lowest BCUT2D eigenvalue weighted by Crippen LogP contribution is -2.36. The fourth-order valence-corrected chi connectivity index (χ4v) is 5.41. The first-order chi connectivity index (χ1) is 16.4. The molecule has 0 radical (unpaired) electrons. The summed E-state index contributed by atoms with van der Waals surface area (Å²) in [6.07, 6.45) is 0. The van der Waals surface area contributed by atoms with Gasteiger partial charge >= 0.3 is 0 Å². The average molecular weight is 498 g/mol. The number of amides is 1. The van der Waals surface area contributed by atoms with Crippen molar-refractivity contribution in [2.24, 2.45) is 0 Å². The van der Waals surface area contributed by atoms with Crippen LogP contribution in [-0.2, 0) is 19.6 Å². The Balaban J connectivity index is 1.36. The molecule has 0 spiro atoms. The largest absolute Gasteiger partial charge is 0.378 e. The van der Waals surface area contributed by atoms with Crippen LogP contribution in [0.15, 0.2) is 58.8 Å². The number of hydrogen-bond donors (Lipinski definition) is 1. The molecule has 3 aromatic rings. The summed E-state index contributed by atoms with van der Waals surface area (Å²) >= 11 is 1.59. The van der Waals surface area contributed by atoms with Gasteiger partial charge in [-0.3, -0.25) is 4.79 Å². The second-order valence-corrected chi connectivity index (χ2v) is 10.5. The van der Waals surface area contributed by atoms with E-state index in [9.17, 15) is 13.2 Å². The second-order valence-electron chi connectivity index (χ2n) is 7.64. The number of rotatable bonds is 7. The second kappa shape index (κ2) is 10.3. The first-order valence-electron chi connectivity index (χ1n) is 10.5. The van der Waals surface area contributed by atoms with Crippen molar-refractivity contribution in [1.29, 1.82) is 5.26 Å². The van der Waals surface area contributed by atoms with Gasteiger partial charge in [-0.25, -0.2) is 13.4 Å². The first-order valence-corrected chi connectivity index (χ1v) is 12.8. The predicted molar refractivity (Wildman–Crippen MR) is 130 cm³/mol. The lowest BCUT2D eigenvalue weighted by molar-refractivity contribution is -0.116. The van der Waals surface area contributed by atoms with Crippen molar-refractivity contribution in [1.82, 2.24) is 9.29 Å². The van der Waals surface area contributed by atoms with Crippen molar-refractivity contribution in [3.63, 3.8) is 0 Å². The number of carbonyl (C=O) groups is 1. The molecular weight excluding hydrogens is 474 g/mol. The zero-order valence-electron chi connectivity index (χ0n) is 18.5. The van der Waals surface area contributed by atoms with Crippen LogP contribution in [-0.4, -0.2) is 63.5 Å². The first kappa shape index (κ1) is 23.8. The SMILES string of the molecule is CN(CC(=O)Nc1ccc(-c2csc(N3CCOCC3)n2)cc1)S(=O)(=O)c1ccc(C#N)cc1. The van der Waals surface area contributed by atoms with Crippen molar-refractivity contribution >= 4 is 38.1 Å². The molecule has 0 bridgehead atoms. The van der Waals surface area contributed by atoms with Gasteiger partial charge in [0.2, 0.25) is 15.9 Å². The van der Waals surface area contributed by atoms with Gasteiger partial charge in [-0.1, -0.05) is 12.1 Å². The summed E-state index contributed by atoms with van der Waals surface area (Å²) in [4.78, 5) is 19.4. The number of nitrogens with zero attached hydrogens (tertiary/aromatic N) is 4. The summed E-state index contributed by atoms with van der Waals surface area (Å²) in [5, 5.41) is 14.5. The lowest BCUT2D eigenvalue weighted by Gasteiger charge is -2.26. The molecule has 1 aliphatic rings. The quantitative estimate of drug-likeness (QED) is 0.534. The number of thiazole rings is 1. The topological polar surface area (TPSA) is 116 Å². The van der Waals surface area contributed by atoms with Gasteiger partial charge in [-0.05, 0) is 36.4 Å². The Labute approximate surface area is 202 Å². The number of carbonyl (C=O) groups excluding carboxylic acids is 1. The zero-order valence-corrected chi connectivity index (χ0v) is 20.1. The fourth-order valence-electron chi connectivity index (χ4n) is 3.39. The maximum atomic E-state index is 12.7. The third kappa shape index (κ3) is 5.43. The Hall–Kier alpha value is -3.30. The molecule has 1 aliphatic heterocycles. The molecule has 0 saturated carbocycles.